The Morgan fingerprint density at radius 1 is 1.63 bits per heavy atom. The number of non-ortho nitro benzene ring substituents is 1. The highest BCUT2D eigenvalue weighted by Gasteiger charge is 2.23. The molecule has 0 aliphatic carbocycles. The van der Waals surface area contributed by atoms with E-state index in [-0.39, 0.29) is 11.8 Å². The van der Waals surface area contributed by atoms with Gasteiger partial charge in [0.05, 0.1) is 36.0 Å². The van der Waals surface area contributed by atoms with Crippen LogP contribution in [-0.2, 0) is 9.47 Å². The van der Waals surface area contributed by atoms with E-state index in [2.05, 4.69) is 0 Å². The molecule has 1 heterocycles. The quantitative estimate of drug-likeness (QED) is 0.614. The molecule has 0 saturated carbocycles. The maximum absolute atomic E-state index is 13.9. The molecule has 0 aromatic heterocycles. The van der Waals surface area contributed by atoms with Crippen LogP contribution in [0, 0.1) is 15.9 Å². The summed E-state index contributed by atoms with van der Waals surface area (Å²) in [7, 11) is 1.58. The van der Waals surface area contributed by atoms with E-state index >= 15 is 0 Å². The number of nitro benzene ring substituents is 1. The van der Waals surface area contributed by atoms with Gasteiger partial charge in [-0.25, -0.2) is 4.39 Å². The van der Waals surface area contributed by atoms with Gasteiger partial charge < -0.3 is 14.4 Å². The van der Waals surface area contributed by atoms with Crippen molar-refractivity contribution in [3.8, 4) is 0 Å². The fourth-order valence-electron chi connectivity index (χ4n) is 2.09. The Balaban J connectivity index is 2.15. The van der Waals surface area contributed by atoms with Crippen molar-refractivity contribution in [1.29, 1.82) is 0 Å². The third-order valence-electron chi connectivity index (χ3n) is 2.97. The van der Waals surface area contributed by atoms with Crippen LogP contribution in [0.15, 0.2) is 18.2 Å². The van der Waals surface area contributed by atoms with Gasteiger partial charge in [0.25, 0.3) is 5.69 Å². The van der Waals surface area contributed by atoms with E-state index in [9.17, 15) is 14.5 Å². The topological polar surface area (TPSA) is 64.8 Å². The van der Waals surface area contributed by atoms with Crippen molar-refractivity contribution < 1.29 is 18.8 Å². The normalized spacial score (nSPS) is 19.5. The zero-order chi connectivity index (χ0) is 13.8. The molecule has 1 saturated heterocycles. The Kier molecular flexibility index (Phi) is 4.28. The minimum atomic E-state index is -0.611. The summed E-state index contributed by atoms with van der Waals surface area (Å²) in [6.07, 6.45) is -0.117. The first-order valence-electron chi connectivity index (χ1n) is 5.91. The molecule has 19 heavy (non-hydrogen) atoms. The number of rotatable bonds is 4. The number of hydrogen-bond donors (Lipinski definition) is 0. The van der Waals surface area contributed by atoms with Crippen molar-refractivity contribution in [3.63, 3.8) is 0 Å². The van der Waals surface area contributed by atoms with E-state index in [0.717, 1.165) is 6.07 Å². The lowest BCUT2D eigenvalue weighted by molar-refractivity contribution is -0.385. The van der Waals surface area contributed by atoms with Crippen molar-refractivity contribution in [2.45, 2.75) is 6.10 Å². The van der Waals surface area contributed by atoms with Gasteiger partial charge in [-0.05, 0) is 6.07 Å². The largest absolute Gasteiger partial charge is 0.382 e. The molecule has 1 fully saturated rings. The molecule has 0 N–H and O–H groups in total. The van der Waals surface area contributed by atoms with Crippen LogP contribution >= 0.6 is 0 Å². The van der Waals surface area contributed by atoms with Crippen molar-refractivity contribution in [3.05, 3.63) is 34.1 Å². The zero-order valence-electron chi connectivity index (χ0n) is 10.5. The third-order valence-corrected chi connectivity index (χ3v) is 2.97. The summed E-state index contributed by atoms with van der Waals surface area (Å²) in [6.45, 7) is 1.97. The lowest BCUT2D eigenvalue weighted by Crippen LogP contribution is -2.44. The summed E-state index contributed by atoms with van der Waals surface area (Å²) in [5, 5.41) is 10.6. The van der Waals surface area contributed by atoms with E-state index in [1.54, 1.807) is 7.11 Å². The molecule has 1 aliphatic rings. The van der Waals surface area contributed by atoms with Crippen LogP contribution < -0.4 is 4.90 Å². The fraction of sp³-hybridized carbons (Fsp3) is 0.500. The first kappa shape index (κ1) is 13.7. The number of nitrogens with zero attached hydrogens (tertiary/aromatic N) is 2. The van der Waals surface area contributed by atoms with E-state index in [1.165, 1.54) is 12.1 Å². The molecule has 1 atom stereocenters. The van der Waals surface area contributed by atoms with Crippen LogP contribution in [0.4, 0.5) is 15.8 Å². The number of anilines is 1. The second-order valence-electron chi connectivity index (χ2n) is 4.29. The molecule has 7 heteroatoms. The Labute approximate surface area is 109 Å². The van der Waals surface area contributed by atoms with E-state index in [0.29, 0.717) is 32.0 Å². The maximum Gasteiger partial charge on any atom is 0.272 e. The highest BCUT2D eigenvalue weighted by Crippen LogP contribution is 2.25. The standard InChI is InChI=1S/C12H15FN2O4/c1-18-8-10-7-14(4-5-19-10)12-3-2-9(15(16)17)6-11(12)13/h2-3,6,10H,4-5,7-8H2,1H3. The average molecular weight is 270 g/mol. The molecule has 0 radical (unpaired) electrons. The molecule has 1 aromatic carbocycles. The second kappa shape index (κ2) is 5.94. The Bertz CT molecular complexity index is 467. The number of morpholine rings is 1. The molecule has 104 valence electrons. The maximum atomic E-state index is 13.9. The molecular weight excluding hydrogens is 255 g/mol. The number of hydrogen-bond acceptors (Lipinski definition) is 5. The van der Waals surface area contributed by atoms with Gasteiger partial charge in [-0.3, -0.25) is 10.1 Å². The molecule has 0 amide bonds. The molecule has 6 nitrogen and oxygen atoms in total. The van der Waals surface area contributed by atoms with Crippen LogP contribution in [0.5, 0.6) is 0 Å². The van der Waals surface area contributed by atoms with Gasteiger partial charge >= 0.3 is 0 Å². The molecule has 0 bridgehead atoms. The van der Waals surface area contributed by atoms with Crippen LogP contribution in [0.3, 0.4) is 0 Å². The van der Waals surface area contributed by atoms with Crippen molar-refractivity contribution in [2.24, 2.45) is 0 Å². The molecule has 2 rings (SSSR count). The fourth-order valence-corrected chi connectivity index (χ4v) is 2.09. The highest BCUT2D eigenvalue weighted by atomic mass is 19.1. The number of ether oxygens (including phenoxy) is 2. The van der Waals surface area contributed by atoms with Crippen LogP contribution in [0.2, 0.25) is 0 Å². The monoisotopic (exact) mass is 270 g/mol. The van der Waals surface area contributed by atoms with Gasteiger partial charge in [-0.1, -0.05) is 0 Å². The lowest BCUT2D eigenvalue weighted by Gasteiger charge is -2.34. The number of benzene rings is 1. The van der Waals surface area contributed by atoms with Gasteiger partial charge in [0.2, 0.25) is 0 Å². The summed E-state index contributed by atoms with van der Waals surface area (Å²) in [5.41, 5.74) is 0.109. The van der Waals surface area contributed by atoms with E-state index in [4.69, 9.17) is 9.47 Å². The SMILES string of the molecule is COCC1CN(c2ccc([N+](=O)[O-])cc2F)CCO1. The average Bonchev–Trinajstić information content (AvgIpc) is 2.39. The minimum absolute atomic E-state index is 0.117. The lowest BCUT2D eigenvalue weighted by atomic mass is 10.2. The third kappa shape index (κ3) is 3.18. The summed E-state index contributed by atoms with van der Waals surface area (Å²) < 4.78 is 24.4. The Morgan fingerprint density at radius 2 is 2.42 bits per heavy atom. The van der Waals surface area contributed by atoms with Crippen molar-refractivity contribution >= 4 is 11.4 Å². The van der Waals surface area contributed by atoms with Crippen LogP contribution in [0.1, 0.15) is 0 Å². The molecule has 1 unspecified atom stereocenters. The van der Waals surface area contributed by atoms with E-state index in [1.807, 2.05) is 4.90 Å². The highest BCUT2D eigenvalue weighted by molar-refractivity contribution is 5.52. The molecule has 1 aromatic rings. The smallest absolute Gasteiger partial charge is 0.272 e. The van der Waals surface area contributed by atoms with Crippen molar-refractivity contribution in [2.75, 3.05) is 38.3 Å². The summed E-state index contributed by atoms with van der Waals surface area (Å²) >= 11 is 0. The minimum Gasteiger partial charge on any atom is -0.382 e. The van der Waals surface area contributed by atoms with Gasteiger partial charge in [-0.2, -0.15) is 0 Å². The number of halogens is 1. The molecule has 0 spiro atoms. The number of methoxy groups -OCH3 is 1. The van der Waals surface area contributed by atoms with E-state index < -0.39 is 10.7 Å². The van der Waals surface area contributed by atoms with Gasteiger partial charge in [-0.15, -0.1) is 0 Å². The summed E-state index contributed by atoms with van der Waals surface area (Å²) in [4.78, 5) is 11.8. The molecule has 1 aliphatic heterocycles. The van der Waals surface area contributed by atoms with Gasteiger partial charge in [0.15, 0.2) is 5.82 Å². The van der Waals surface area contributed by atoms with Gasteiger partial charge in [0, 0.05) is 26.3 Å². The Morgan fingerprint density at radius 3 is 3.05 bits per heavy atom. The first-order valence-corrected chi connectivity index (χ1v) is 5.91. The van der Waals surface area contributed by atoms with Crippen molar-refractivity contribution in [1.82, 2.24) is 0 Å². The summed E-state index contributed by atoms with van der Waals surface area (Å²) in [6, 6.07) is 3.68. The Hall–Kier alpha value is -1.73. The second-order valence-corrected chi connectivity index (χ2v) is 4.29. The van der Waals surface area contributed by atoms with Crippen LogP contribution in [0.25, 0.3) is 0 Å². The van der Waals surface area contributed by atoms with Crippen LogP contribution in [-0.4, -0.2) is 44.4 Å². The zero-order valence-corrected chi connectivity index (χ0v) is 10.5. The predicted octanol–water partition coefficient (Wildman–Crippen LogP) is 1.59. The molecular formula is C12H15FN2O4. The van der Waals surface area contributed by atoms with Gasteiger partial charge in [0.1, 0.15) is 0 Å². The number of nitro groups is 1. The predicted molar refractivity (Wildman–Crippen MR) is 66.9 cm³/mol. The summed E-state index contributed by atoms with van der Waals surface area (Å²) in [5.74, 6) is -0.590. The first-order chi connectivity index (χ1) is 9.11.